The van der Waals surface area contributed by atoms with Gasteiger partial charge < -0.3 is 9.64 Å². The Hall–Kier alpha value is -2.03. The van der Waals surface area contributed by atoms with Crippen molar-refractivity contribution in [2.45, 2.75) is 38.6 Å². The van der Waals surface area contributed by atoms with E-state index in [1.807, 2.05) is 11.0 Å². The molecule has 0 aliphatic carbocycles. The van der Waals surface area contributed by atoms with Gasteiger partial charge in [-0.25, -0.2) is 4.98 Å². The van der Waals surface area contributed by atoms with Gasteiger partial charge in [-0.2, -0.15) is 4.98 Å². The number of piperidine rings is 1. The van der Waals surface area contributed by atoms with Crippen molar-refractivity contribution < 1.29 is 9.53 Å². The summed E-state index contributed by atoms with van der Waals surface area (Å²) in [7, 11) is 0. The molecule has 2 aliphatic rings. The van der Waals surface area contributed by atoms with E-state index in [4.69, 9.17) is 14.7 Å². The second-order valence-corrected chi connectivity index (χ2v) is 9.77. The van der Waals surface area contributed by atoms with Crippen LogP contribution in [0.1, 0.15) is 37.9 Å². The molecule has 6 nitrogen and oxygen atoms in total. The van der Waals surface area contributed by atoms with Gasteiger partial charge in [0, 0.05) is 28.9 Å². The van der Waals surface area contributed by atoms with E-state index in [9.17, 15) is 4.79 Å². The maximum Gasteiger partial charge on any atom is 0.260 e. The van der Waals surface area contributed by atoms with Crippen LogP contribution in [0.15, 0.2) is 22.9 Å². The Balaban J connectivity index is 1.45. The molecule has 0 atom stereocenters. The molecule has 8 heteroatoms. The van der Waals surface area contributed by atoms with Crippen molar-refractivity contribution in [2.24, 2.45) is 0 Å². The van der Waals surface area contributed by atoms with Gasteiger partial charge in [0.15, 0.2) is 6.61 Å². The second-order valence-electron chi connectivity index (χ2n) is 7.97. The summed E-state index contributed by atoms with van der Waals surface area (Å²) >= 11 is 3.32. The first-order valence-corrected chi connectivity index (χ1v) is 12.5. The number of rotatable bonds is 6. The average Bonchev–Trinajstić information content (AvgIpc) is 3.53. The fourth-order valence-electron chi connectivity index (χ4n) is 4.25. The van der Waals surface area contributed by atoms with Gasteiger partial charge in [0.25, 0.3) is 5.91 Å². The quantitative estimate of drug-likeness (QED) is 0.566. The minimum Gasteiger partial charge on any atom is -0.467 e. The molecule has 2 saturated heterocycles. The summed E-state index contributed by atoms with van der Waals surface area (Å²) in [6, 6.07) is 4.15. The maximum atomic E-state index is 12.6. The van der Waals surface area contributed by atoms with Crippen LogP contribution < -0.4 is 4.74 Å². The molecular weight excluding hydrogens is 416 g/mol. The highest BCUT2D eigenvalue weighted by molar-refractivity contribution is 7.18. The normalized spacial score (nSPS) is 17.7. The molecule has 0 radical (unpaired) electrons. The highest BCUT2D eigenvalue weighted by Gasteiger charge is 2.22. The zero-order valence-corrected chi connectivity index (χ0v) is 18.6. The molecule has 0 saturated carbocycles. The first-order chi connectivity index (χ1) is 14.8. The summed E-state index contributed by atoms with van der Waals surface area (Å²) in [6.45, 7) is 4.63. The van der Waals surface area contributed by atoms with Crippen LogP contribution in [0.3, 0.4) is 0 Å². The Morgan fingerprint density at radius 2 is 1.83 bits per heavy atom. The minimum absolute atomic E-state index is 0.0367. The van der Waals surface area contributed by atoms with E-state index in [1.165, 1.54) is 24.1 Å². The second kappa shape index (κ2) is 8.99. The fourth-order valence-corrected chi connectivity index (χ4v) is 6.02. The van der Waals surface area contributed by atoms with Crippen LogP contribution in [0.4, 0.5) is 0 Å². The van der Waals surface area contributed by atoms with E-state index < -0.39 is 0 Å². The van der Waals surface area contributed by atoms with E-state index in [0.717, 1.165) is 67.2 Å². The van der Waals surface area contributed by atoms with Gasteiger partial charge >= 0.3 is 0 Å². The van der Waals surface area contributed by atoms with Crippen LogP contribution >= 0.6 is 22.7 Å². The third kappa shape index (κ3) is 4.22. The lowest BCUT2D eigenvalue weighted by Crippen LogP contribution is -2.32. The van der Waals surface area contributed by atoms with Crippen LogP contribution in [0.2, 0.25) is 0 Å². The highest BCUT2D eigenvalue weighted by Crippen LogP contribution is 2.40. The number of hydrogen-bond donors (Lipinski definition) is 0. The number of hydrogen-bond acceptors (Lipinski definition) is 7. The first kappa shape index (κ1) is 19.9. The van der Waals surface area contributed by atoms with Gasteiger partial charge in [-0.3, -0.25) is 9.69 Å². The SMILES string of the molecule is O=C(COc1nc(CN2CCCCC2)nc2scc(-c3cccs3)c12)N1CCCC1. The smallest absolute Gasteiger partial charge is 0.260 e. The van der Waals surface area contributed by atoms with Crippen LogP contribution in [-0.4, -0.2) is 58.5 Å². The molecule has 5 rings (SSSR count). The molecule has 2 aliphatic heterocycles. The number of ether oxygens (including phenoxy) is 1. The van der Waals surface area contributed by atoms with Crippen molar-refractivity contribution in [1.29, 1.82) is 0 Å². The molecule has 0 aromatic carbocycles. The number of amides is 1. The first-order valence-electron chi connectivity index (χ1n) is 10.7. The topological polar surface area (TPSA) is 58.6 Å². The summed E-state index contributed by atoms with van der Waals surface area (Å²) in [4.78, 5) is 28.6. The van der Waals surface area contributed by atoms with Gasteiger partial charge in [0.1, 0.15) is 10.7 Å². The van der Waals surface area contributed by atoms with E-state index in [-0.39, 0.29) is 12.5 Å². The number of fused-ring (bicyclic) bond motifs is 1. The van der Waals surface area contributed by atoms with Crippen LogP contribution in [0.25, 0.3) is 20.7 Å². The Morgan fingerprint density at radius 3 is 2.60 bits per heavy atom. The molecular formula is C22H26N4O2S2. The zero-order valence-electron chi connectivity index (χ0n) is 17.0. The summed E-state index contributed by atoms with van der Waals surface area (Å²) in [5, 5.41) is 5.13. The molecule has 0 bridgehead atoms. The molecule has 2 fully saturated rings. The Kier molecular flexibility index (Phi) is 5.97. The lowest BCUT2D eigenvalue weighted by Gasteiger charge is -2.25. The fraction of sp³-hybridized carbons (Fsp3) is 0.500. The zero-order chi connectivity index (χ0) is 20.3. The average molecular weight is 443 g/mol. The number of thiophene rings is 2. The van der Waals surface area contributed by atoms with Gasteiger partial charge in [-0.1, -0.05) is 12.5 Å². The molecule has 0 N–H and O–H groups in total. The number of carbonyl (C=O) groups is 1. The third-order valence-corrected chi connectivity index (χ3v) is 7.61. The Labute approximate surface area is 184 Å². The van der Waals surface area contributed by atoms with E-state index in [1.54, 1.807) is 22.7 Å². The molecule has 158 valence electrons. The standard InChI is InChI=1S/C22H26N4O2S2/c27-19(26-10-4-5-11-26)14-28-21-20-16(17-7-6-12-29-17)15-30-22(20)24-18(23-21)13-25-8-2-1-3-9-25/h6-7,12,15H,1-5,8-11,13-14H2. The monoisotopic (exact) mass is 442 g/mol. The summed E-state index contributed by atoms with van der Waals surface area (Å²) in [5.41, 5.74) is 1.10. The number of nitrogens with zero attached hydrogens (tertiary/aromatic N) is 4. The highest BCUT2D eigenvalue weighted by atomic mass is 32.1. The summed E-state index contributed by atoms with van der Waals surface area (Å²) in [6.07, 6.45) is 5.93. The molecule has 0 unspecified atom stereocenters. The van der Waals surface area contributed by atoms with Crippen LogP contribution in [0, 0.1) is 0 Å². The van der Waals surface area contributed by atoms with Crippen molar-refractivity contribution >= 4 is 38.8 Å². The van der Waals surface area contributed by atoms with Crippen molar-refractivity contribution in [3.05, 3.63) is 28.7 Å². The van der Waals surface area contributed by atoms with Gasteiger partial charge in [0.2, 0.25) is 5.88 Å². The predicted molar refractivity (Wildman–Crippen MR) is 121 cm³/mol. The van der Waals surface area contributed by atoms with Crippen molar-refractivity contribution in [1.82, 2.24) is 19.8 Å². The molecule has 3 aromatic heterocycles. The molecule has 0 spiro atoms. The Bertz CT molecular complexity index is 1010. The molecule has 3 aromatic rings. The number of aromatic nitrogens is 2. The maximum absolute atomic E-state index is 12.6. The third-order valence-electron chi connectivity index (χ3n) is 5.84. The van der Waals surface area contributed by atoms with Gasteiger partial charge in [-0.05, 0) is 50.2 Å². The van der Waals surface area contributed by atoms with Gasteiger partial charge in [-0.15, -0.1) is 22.7 Å². The summed E-state index contributed by atoms with van der Waals surface area (Å²) in [5.74, 6) is 1.38. The van der Waals surface area contributed by atoms with E-state index in [2.05, 4.69) is 21.7 Å². The lowest BCUT2D eigenvalue weighted by molar-refractivity contribution is -0.132. The van der Waals surface area contributed by atoms with E-state index >= 15 is 0 Å². The van der Waals surface area contributed by atoms with Crippen LogP contribution in [-0.2, 0) is 11.3 Å². The molecule has 5 heterocycles. The predicted octanol–water partition coefficient (Wildman–Crippen LogP) is 4.41. The largest absolute Gasteiger partial charge is 0.467 e. The number of carbonyl (C=O) groups excluding carboxylic acids is 1. The van der Waals surface area contributed by atoms with Crippen LogP contribution in [0.5, 0.6) is 5.88 Å². The lowest BCUT2D eigenvalue weighted by atomic mass is 10.1. The molecule has 30 heavy (non-hydrogen) atoms. The Morgan fingerprint density at radius 1 is 1.03 bits per heavy atom. The van der Waals surface area contributed by atoms with Gasteiger partial charge in [0.05, 0.1) is 11.9 Å². The van der Waals surface area contributed by atoms with E-state index in [0.29, 0.717) is 5.88 Å². The number of likely N-dealkylation sites (tertiary alicyclic amines) is 2. The minimum atomic E-state index is 0.0367. The van der Waals surface area contributed by atoms with Crippen molar-refractivity contribution in [3.63, 3.8) is 0 Å². The molecule has 1 amide bonds. The van der Waals surface area contributed by atoms with Crippen molar-refractivity contribution in [2.75, 3.05) is 32.8 Å². The summed E-state index contributed by atoms with van der Waals surface area (Å²) < 4.78 is 6.07. The van der Waals surface area contributed by atoms with Crippen molar-refractivity contribution in [3.8, 4) is 16.3 Å².